The van der Waals surface area contributed by atoms with E-state index in [-0.39, 0.29) is 0 Å². The predicted octanol–water partition coefficient (Wildman–Crippen LogP) is 2.37. The third-order valence-electron chi connectivity index (χ3n) is 1.99. The van der Waals surface area contributed by atoms with E-state index in [4.69, 9.17) is 4.52 Å². The van der Waals surface area contributed by atoms with Crippen LogP contribution >= 0.6 is 0 Å². The quantitative estimate of drug-likeness (QED) is 0.761. The lowest BCUT2D eigenvalue weighted by Crippen LogP contribution is -2.18. The van der Waals surface area contributed by atoms with E-state index in [2.05, 4.69) is 29.3 Å². The lowest BCUT2D eigenvalue weighted by molar-refractivity contribution is 0.418. The molecule has 0 fully saturated rings. The molecule has 4 nitrogen and oxygen atoms in total. The Labute approximate surface area is 78.7 Å². The summed E-state index contributed by atoms with van der Waals surface area (Å²) in [6.07, 6.45) is 3.38. The van der Waals surface area contributed by atoms with Gasteiger partial charge < -0.3 is 9.84 Å². The molecular formula is C9H17N3O. The average Bonchev–Trinajstić information content (AvgIpc) is 2.50. The highest BCUT2D eigenvalue weighted by Crippen LogP contribution is 2.10. The van der Waals surface area contributed by atoms with Crippen molar-refractivity contribution in [2.24, 2.45) is 0 Å². The Morgan fingerprint density at radius 3 is 2.69 bits per heavy atom. The van der Waals surface area contributed by atoms with Gasteiger partial charge in [0.15, 0.2) is 5.82 Å². The molecule has 1 atom stereocenters. The van der Waals surface area contributed by atoms with Gasteiger partial charge in [0, 0.05) is 6.04 Å². The summed E-state index contributed by atoms with van der Waals surface area (Å²) in [6, 6.07) is 0.989. The molecule has 0 radical (unpaired) electrons. The van der Waals surface area contributed by atoms with Gasteiger partial charge in [0.25, 0.3) is 0 Å². The minimum Gasteiger partial charge on any atom is -0.335 e. The Morgan fingerprint density at radius 1 is 1.46 bits per heavy atom. The van der Waals surface area contributed by atoms with Crippen LogP contribution in [-0.4, -0.2) is 16.2 Å². The Hall–Kier alpha value is -1.06. The second-order valence-corrected chi connectivity index (χ2v) is 3.18. The van der Waals surface area contributed by atoms with Crippen molar-refractivity contribution in [2.45, 2.75) is 46.1 Å². The van der Waals surface area contributed by atoms with Gasteiger partial charge in [0.1, 0.15) is 0 Å². The molecule has 13 heavy (non-hydrogen) atoms. The largest absolute Gasteiger partial charge is 0.335 e. The molecule has 1 N–H and O–H groups in total. The maximum absolute atomic E-state index is 4.97. The van der Waals surface area contributed by atoms with E-state index in [1.807, 2.05) is 6.92 Å². The highest BCUT2D eigenvalue weighted by atomic mass is 16.5. The first-order valence-corrected chi connectivity index (χ1v) is 4.83. The molecule has 1 unspecified atom stereocenters. The highest BCUT2D eigenvalue weighted by Gasteiger charge is 2.08. The van der Waals surface area contributed by atoms with E-state index in [1.54, 1.807) is 0 Å². The molecule has 1 rings (SSSR count). The second kappa shape index (κ2) is 4.84. The maximum Gasteiger partial charge on any atom is 0.321 e. The lowest BCUT2D eigenvalue weighted by Gasteiger charge is -2.12. The highest BCUT2D eigenvalue weighted by molar-refractivity contribution is 5.19. The number of hydrogen-bond acceptors (Lipinski definition) is 4. The number of nitrogens with zero attached hydrogens (tertiary/aromatic N) is 2. The molecule has 0 saturated carbocycles. The molecular weight excluding hydrogens is 166 g/mol. The molecule has 0 aromatic carbocycles. The van der Waals surface area contributed by atoms with Gasteiger partial charge in [-0.3, -0.25) is 0 Å². The van der Waals surface area contributed by atoms with Crippen LogP contribution < -0.4 is 5.32 Å². The van der Waals surface area contributed by atoms with E-state index in [0.717, 1.165) is 12.8 Å². The standard InChI is InChI=1S/C9H17N3O/c1-4-6-8(5-2)11-9-10-7(3)12-13-9/h8H,4-6H2,1-3H3,(H,10,11,12). The zero-order valence-corrected chi connectivity index (χ0v) is 8.50. The molecule has 0 saturated heterocycles. The smallest absolute Gasteiger partial charge is 0.321 e. The summed E-state index contributed by atoms with van der Waals surface area (Å²) in [6.45, 7) is 6.13. The van der Waals surface area contributed by atoms with Crippen molar-refractivity contribution in [2.75, 3.05) is 5.32 Å². The minimum atomic E-state index is 0.449. The first kappa shape index (κ1) is 10.0. The number of hydrogen-bond donors (Lipinski definition) is 1. The van der Waals surface area contributed by atoms with E-state index in [0.29, 0.717) is 17.9 Å². The monoisotopic (exact) mass is 183 g/mol. The molecule has 1 aromatic rings. The van der Waals surface area contributed by atoms with Crippen molar-refractivity contribution in [3.05, 3.63) is 5.82 Å². The molecule has 4 heteroatoms. The van der Waals surface area contributed by atoms with Gasteiger partial charge in [-0.2, -0.15) is 4.98 Å². The molecule has 0 aliphatic rings. The normalized spacial score (nSPS) is 12.8. The SMILES string of the molecule is CCCC(CC)Nc1nc(C)no1. The molecule has 1 aromatic heterocycles. The van der Waals surface area contributed by atoms with E-state index >= 15 is 0 Å². The molecule has 0 aliphatic heterocycles. The number of aryl methyl sites for hydroxylation is 1. The van der Waals surface area contributed by atoms with Crippen molar-refractivity contribution >= 4 is 6.01 Å². The summed E-state index contributed by atoms with van der Waals surface area (Å²) in [7, 11) is 0. The van der Waals surface area contributed by atoms with Gasteiger partial charge in [0.2, 0.25) is 0 Å². The summed E-state index contributed by atoms with van der Waals surface area (Å²) in [5.74, 6) is 0.675. The first-order valence-electron chi connectivity index (χ1n) is 4.83. The lowest BCUT2D eigenvalue weighted by atomic mass is 10.1. The average molecular weight is 183 g/mol. The van der Waals surface area contributed by atoms with E-state index in [9.17, 15) is 0 Å². The van der Waals surface area contributed by atoms with Crippen LogP contribution in [-0.2, 0) is 0 Å². The van der Waals surface area contributed by atoms with Gasteiger partial charge in [-0.15, -0.1) is 0 Å². The zero-order chi connectivity index (χ0) is 9.68. The molecule has 0 spiro atoms. The van der Waals surface area contributed by atoms with Crippen LogP contribution in [0.1, 0.15) is 38.9 Å². The Bertz CT molecular complexity index is 247. The first-order chi connectivity index (χ1) is 6.26. The fraction of sp³-hybridized carbons (Fsp3) is 0.778. The summed E-state index contributed by atoms with van der Waals surface area (Å²) in [4.78, 5) is 4.09. The van der Waals surface area contributed by atoms with Crippen molar-refractivity contribution in [1.82, 2.24) is 10.1 Å². The molecule has 0 amide bonds. The van der Waals surface area contributed by atoms with Gasteiger partial charge >= 0.3 is 6.01 Å². The third-order valence-corrected chi connectivity index (χ3v) is 1.99. The molecule has 1 heterocycles. The second-order valence-electron chi connectivity index (χ2n) is 3.18. The van der Waals surface area contributed by atoms with Crippen LogP contribution in [0.25, 0.3) is 0 Å². The van der Waals surface area contributed by atoms with Gasteiger partial charge in [-0.05, 0) is 19.8 Å². The van der Waals surface area contributed by atoms with Gasteiger partial charge in [-0.25, -0.2) is 0 Å². The van der Waals surface area contributed by atoms with Gasteiger partial charge in [0.05, 0.1) is 0 Å². The van der Waals surface area contributed by atoms with Crippen LogP contribution in [0.15, 0.2) is 4.52 Å². The summed E-state index contributed by atoms with van der Waals surface area (Å²) in [5, 5.41) is 6.93. The topological polar surface area (TPSA) is 51.0 Å². The van der Waals surface area contributed by atoms with Crippen molar-refractivity contribution in [3.63, 3.8) is 0 Å². The number of nitrogens with one attached hydrogen (secondary N) is 1. The number of rotatable bonds is 5. The Balaban J connectivity index is 2.46. The van der Waals surface area contributed by atoms with E-state index in [1.165, 1.54) is 6.42 Å². The fourth-order valence-electron chi connectivity index (χ4n) is 1.26. The van der Waals surface area contributed by atoms with Crippen molar-refractivity contribution in [3.8, 4) is 0 Å². The third kappa shape index (κ3) is 3.05. The van der Waals surface area contributed by atoms with Crippen LogP contribution in [0.3, 0.4) is 0 Å². The summed E-state index contributed by atoms with van der Waals surface area (Å²) in [5.41, 5.74) is 0. The summed E-state index contributed by atoms with van der Waals surface area (Å²) >= 11 is 0. The predicted molar refractivity (Wildman–Crippen MR) is 51.6 cm³/mol. The van der Waals surface area contributed by atoms with Crippen LogP contribution in [0.2, 0.25) is 0 Å². The minimum absolute atomic E-state index is 0.449. The Kier molecular flexibility index (Phi) is 3.73. The summed E-state index contributed by atoms with van der Waals surface area (Å²) < 4.78 is 4.97. The van der Waals surface area contributed by atoms with Crippen LogP contribution in [0, 0.1) is 6.92 Å². The maximum atomic E-state index is 4.97. The molecule has 74 valence electrons. The Morgan fingerprint density at radius 2 is 2.23 bits per heavy atom. The molecule has 0 bridgehead atoms. The number of aromatic nitrogens is 2. The number of anilines is 1. The van der Waals surface area contributed by atoms with Crippen molar-refractivity contribution in [1.29, 1.82) is 0 Å². The molecule has 0 aliphatic carbocycles. The fourth-order valence-corrected chi connectivity index (χ4v) is 1.26. The van der Waals surface area contributed by atoms with Crippen molar-refractivity contribution < 1.29 is 4.52 Å². The zero-order valence-electron chi connectivity index (χ0n) is 8.50. The van der Waals surface area contributed by atoms with Crippen LogP contribution in [0.4, 0.5) is 6.01 Å². The van der Waals surface area contributed by atoms with Crippen LogP contribution in [0.5, 0.6) is 0 Å². The van der Waals surface area contributed by atoms with E-state index < -0.39 is 0 Å². The van der Waals surface area contributed by atoms with Gasteiger partial charge in [-0.1, -0.05) is 25.4 Å².